The summed E-state index contributed by atoms with van der Waals surface area (Å²) in [4.78, 5) is 17.6. The van der Waals surface area contributed by atoms with E-state index >= 15 is 0 Å². The Morgan fingerprint density at radius 2 is 2.29 bits per heavy atom. The highest BCUT2D eigenvalue weighted by molar-refractivity contribution is 7.15. The fourth-order valence-corrected chi connectivity index (χ4v) is 3.40. The molecule has 3 rings (SSSR count). The number of aromatic nitrogens is 3. The lowest BCUT2D eigenvalue weighted by Crippen LogP contribution is -2.29. The van der Waals surface area contributed by atoms with E-state index in [1.54, 1.807) is 6.20 Å². The standard InChI is InChI=1S/C16H18N6OS/c1-3-4-6-16(21-22-16)7-9-17-14(23)10-13-11(2)19-15(24-13)12-5-8-18-20-12/h1,5,8H,4,6-7,9-10H2,2H3,(H,17,23)(H,18,20). The first-order valence-corrected chi connectivity index (χ1v) is 8.54. The van der Waals surface area contributed by atoms with Gasteiger partial charge in [-0.1, -0.05) is 0 Å². The van der Waals surface area contributed by atoms with Gasteiger partial charge in [0, 0.05) is 36.9 Å². The number of aryl methyl sites for hydroxylation is 1. The molecule has 0 radical (unpaired) electrons. The minimum atomic E-state index is -0.353. The van der Waals surface area contributed by atoms with Gasteiger partial charge >= 0.3 is 0 Å². The maximum absolute atomic E-state index is 12.1. The Bertz CT molecular complexity index is 780. The highest BCUT2D eigenvalue weighted by Crippen LogP contribution is 2.36. The molecule has 1 amide bonds. The van der Waals surface area contributed by atoms with E-state index in [1.165, 1.54) is 11.3 Å². The Morgan fingerprint density at radius 1 is 1.46 bits per heavy atom. The molecule has 1 aliphatic rings. The molecule has 0 saturated heterocycles. The summed E-state index contributed by atoms with van der Waals surface area (Å²) in [6.07, 6.45) is 9.37. The van der Waals surface area contributed by atoms with Gasteiger partial charge in [0.05, 0.1) is 17.8 Å². The molecule has 8 heteroatoms. The second-order valence-electron chi connectivity index (χ2n) is 5.66. The number of thiazole rings is 1. The summed E-state index contributed by atoms with van der Waals surface area (Å²) in [7, 11) is 0. The quantitative estimate of drug-likeness (QED) is 0.721. The summed E-state index contributed by atoms with van der Waals surface area (Å²) in [5.74, 6) is 2.57. The molecule has 1 aliphatic heterocycles. The van der Waals surface area contributed by atoms with E-state index in [4.69, 9.17) is 6.42 Å². The number of nitrogens with zero attached hydrogens (tertiary/aromatic N) is 4. The Labute approximate surface area is 144 Å². The van der Waals surface area contributed by atoms with Crippen molar-refractivity contribution < 1.29 is 4.79 Å². The first-order valence-electron chi connectivity index (χ1n) is 7.72. The predicted molar refractivity (Wildman–Crippen MR) is 91.4 cm³/mol. The summed E-state index contributed by atoms with van der Waals surface area (Å²) in [5, 5.41) is 18.7. The van der Waals surface area contributed by atoms with Crippen molar-refractivity contribution in [2.24, 2.45) is 10.2 Å². The maximum Gasteiger partial charge on any atom is 0.225 e. The van der Waals surface area contributed by atoms with E-state index in [1.807, 2.05) is 13.0 Å². The first kappa shape index (κ1) is 16.3. The third-order valence-electron chi connectivity index (χ3n) is 3.85. The maximum atomic E-state index is 12.1. The van der Waals surface area contributed by atoms with Crippen LogP contribution in [0.1, 0.15) is 29.8 Å². The van der Waals surface area contributed by atoms with Crippen molar-refractivity contribution in [3.8, 4) is 23.0 Å². The number of carbonyl (C=O) groups excluding carboxylic acids is 1. The van der Waals surface area contributed by atoms with Crippen LogP contribution in [0.25, 0.3) is 10.7 Å². The SMILES string of the molecule is C#CCCC1(CCNC(=O)Cc2sc(-c3ccn[nH]3)nc2C)N=N1. The average molecular weight is 342 g/mol. The number of terminal acetylenes is 1. The molecule has 24 heavy (non-hydrogen) atoms. The minimum absolute atomic E-state index is 0.0225. The molecule has 2 N–H and O–H groups in total. The minimum Gasteiger partial charge on any atom is -0.356 e. The number of nitrogens with one attached hydrogen (secondary N) is 2. The molecule has 0 saturated carbocycles. The number of hydrogen-bond acceptors (Lipinski definition) is 6. The molecule has 0 aromatic carbocycles. The van der Waals surface area contributed by atoms with Crippen LogP contribution in [0.2, 0.25) is 0 Å². The average Bonchev–Trinajstić information content (AvgIpc) is 2.97. The van der Waals surface area contributed by atoms with Crippen LogP contribution in [-0.2, 0) is 11.2 Å². The Hall–Kier alpha value is -2.53. The monoisotopic (exact) mass is 342 g/mol. The topological polar surface area (TPSA) is 95.4 Å². The van der Waals surface area contributed by atoms with Gasteiger partial charge in [0.15, 0.2) is 5.66 Å². The molecule has 2 aromatic rings. The summed E-state index contributed by atoms with van der Waals surface area (Å²) >= 11 is 1.51. The normalized spacial score (nSPS) is 14.3. The van der Waals surface area contributed by atoms with Gasteiger partial charge in [-0.25, -0.2) is 4.98 Å². The van der Waals surface area contributed by atoms with Crippen molar-refractivity contribution in [3.05, 3.63) is 22.8 Å². The summed E-state index contributed by atoms with van der Waals surface area (Å²) in [5.41, 5.74) is 1.38. The Balaban J connectivity index is 1.48. The molecule has 2 aromatic heterocycles. The molecule has 0 fully saturated rings. The van der Waals surface area contributed by atoms with Crippen LogP contribution in [0.4, 0.5) is 0 Å². The predicted octanol–water partition coefficient (Wildman–Crippen LogP) is 2.47. The smallest absolute Gasteiger partial charge is 0.225 e. The number of hydrogen-bond donors (Lipinski definition) is 2. The van der Waals surface area contributed by atoms with E-state index in [-0.39, 0.29) is 11.6 Å². The first-order chi connectivity index (χ1) is 11.6. The highest BCUT2D eigenvalue weighted by Gasteiger charge is 2.38. The van der Waals surface area contributed by atoms with E-state index in [2.05, 4.69) is 36.6 Å². The molecule has 0 spiro atoms. The number of aromatic amines is 1. The van der Waals surface area contributed by atoms with E-state index < -0.39 is 0 Å². The lowest BCUT2D eigenvalue weighted by molar-refractivity contribution is -0.120. The van der Waals surface area contributed by atoms with Gasteiger partial charge in [0.25, 0.3) is 0 Å². The molecule has 0 atom stereocenters. The zero-order chi connectivity index (χ0) is 17.0. The van der Waals surface area contributed by atoms with Gasteiger partial charge < -0.3 is 5.32 Å². The molecule has 7 nitrogen and oxygen atoms in total. The largest absolute Gasteiger partial charge is 0.356 e. The number of amides is 1. The van der Waals surface area contributed by atoms with Gasteiger partial charge in [0.1, 0.15) is 5.01 Å². The molecule has 0 aliphatic carbocycles. The van der Waals surface area contributed by atoms with Gasteiger partial charge in [-0.05, 0) is 13.0 Å². The molecular formula is C16H18N6OS. The molecule has 0 unspecified atom stereocenters. The summed E-state index contributed by atoms with van der Waals surface area (Å²) in [6, 6.07) is 1.86. The van der Waals surface area contributed by atoms with Gasteiger partial charge in [0.2, 0.25) is 5.91 Å². The van der Waals surface area contributed by atoms with Crippen LogP contribution >= 0.6 is 11.3 Å². The van der Waals surface area contributed by atoms with Crippen molar-refractivity contribution in [2.75, 3.05) is 6.54 Å². The van der Waals surface area contributed by atoms with Crippen molar-refractivity contribution in [3.63, 3.8) is 0 Å². The van der Waals surface area contributed by atoms with Crippen LogP contribution < -0.4 is 5.32 Å². The third kappa shape index (κ3) is 3.86. The van der Waals surface area contributed by atoms with E-state index in [9.17, 15) is 4.79 Å². The molecule has 124 valence electrons. The fraction of sp³-hybridized carbons (Fsp3) is 0.438. The zero-order valence-corrected chi connectivity index (χ0v) is 14.2. The summed E-state index contributed by atoms with van der Waals surface area (Å²) in [6.45, 7) is 2.46. The molecular weight excluding hydrogens is 324 g/mol. The van der Waals surface area contributed by atoms with Crippen molar-refractivity contribution in [2.45, 2.75) is 38.3 Å². The van der Waals surface area contributed by atoms with Gasteiger partial charge in [-0.3, -0.25) is 9.89 Å². The second-order valence-corrected chi connectivity index (χ2v) is 6.74. The van der Waals surface area contributed by atoms with Crippen LogP contribution in [0, 0.1) is 19.3 Å². The Kier molecular flexibility index (Phi) is 4.71. The van der Waals surface area contributed by atoms with Crippen LogP contribution in [0.5, 0.6) is 0 Å². The number of H-pyrrole nitrogens is 1. The van der Waals surface area contributed by atoms with Crippen LogP contribution in [0.15, 0.2) is 22.5 Å². The van der Waals surface area contributed by atoms with E-state index in [0.717, 1.165) is 27.7 Å². The van der Waals surface area contributed by atoms with Crippen molar-refractivity contribution in [1.82, 2.24) is 20.5 Å². The van der Waals surface area contributed by atoms with Crippen LogP contribution in [-0.4, -0.2) is 33.3 Å². The van der Waals surface area contributed by atoms with Crippen LogP contribution in [0.3, 0.4) is 0 Å². The zero-order valence-electron chi connectivity index (χ0n) is 13.4. The van der Waals surface area contributed by atoms with E-state index in [0.29, 0.717) is 25.8 Å². The van der Waals surface area contributed by atoms with Gasteiger partial charge in [-0.2, -0.15) is 15.3 Å². The number of carbonyl (C=O) groups is 1. The number of rotatable bonds is 8. The molecule has 3 heterocycles. The fourth-order valence-electron chi connectivity index (χ4n) is 2.36. The summed E-state index contributed by atoms with van der Waals surface area (Å²) < 4.78 is 0. The lowest BCUT2D eigenvalue weighted by Gasteiger charge is -2.09. The second kappa shape index (κ2) is 6.93. The third-order valence-corrected chi connectivity index (χ3v) is 5.04. The Morgan fingerprint density at radius 3 is 2.96 bits per heavy atom. The highest BCUT2D eigenvalue weighted by atomic mass is 32.1. The lowest BCUT2D eigenvalue weighted by atomic mass is 10.0. The van der Waals surface area contributed by atoms with Gasteiger partial charge in [-0.15, -0.1) is 23.7 Å². The molecule has 0 bridgehead atoms. The van der Waals surface area contributed by atoms with Crippen molar-refractivity contribution >= 4 is 17.2 Å². The van der Waals surface area contributed by atoms with Crippen molar-refractivity contribution in [1.29, 1.82) is 0 Å².